The van der Waals surface area contributed by atoms with Gasteiger partial charge in [-0.05, 0) is 5.56 Å². The smallest absolute Gasteiger partial charge is 0.417 e. The fourth-order valence-corrected chi connectivity index (χ4v) is 1.85. The highest BCUT2D eigenvalue weighted by Gasteiger charge is 2.33. The Bertz CT molecular complexity index is 491. The van der Waals surface area contributed by atoms with Gasteiger partial charge in [0, 0.05) is 12.7 Å². The Kier molecular flexibility index (Phi) is 6.05. The third kappa shape index (κ3) is 4.27. The molecule has 0 aliphatic carbocycles. The number of ether oxygens (including phenoxy) is 1. The number of carboxylic acids is 1. The summed E-state index contributed by atoms with van der Waals surface area (Å²) in [6.07, 6.45) is -0.997. The molecule has 7 heteroatoms. The molecular weight excluding hydrogens is 282 g/mol. The number of aliphatic carboxylic acids is 1. The summed E-state index contributed by atoms with van der Waals surface area (Å²) in [6.45, 7) is 1.06. The fourth-order valence-electron chi connectivity index (χ4n) is 1.53. The summed E-state index contributed by atoms with van der Waals surface area (Å²) in [5, 5.41) is 8.98. The van der Waals surface area contributed by atoms with E-state index in [0.717, 1.165) is 12.5 Å². The average molecular weight is 297 g/mol. The maximum atomic E-state index is 11.8. The van der Waals surface area contributed by atoms with Gasteiger partial charge in [-0.2, -0.15) is 12.6 Å². The minimum Gasteiger partial charge on any atom is -0.480 e. The molecule has 0 spiro atoms. The molecule has 0 fully saturated rings. The van der Waals surface area contributed by atoms with Crippen molar-refractivity contribution in [1.29, 1.82) is 0 Å². The van der Waals surface area contributed by atoms with Crippen molar-refractivity contribution in [1.82, 2.24) is 4.90 Å². The zero-order valence-electron chi connectivity index (χ0n) is 10.9. The minimum absolute atomic E-state index is 0.0393. The van der Waals surface area contributed by atoms with E-state index in [1.165, 1.54) is 0 Å². The van der Waals surface area contributed by atoms with E-state index in [9.17, 15) is 14.4 Å². The maximum Gasteiger partial charge on any atom is 0.417 e. The molecule has 0 saturated heterocycles. The number of carbonyl (C=O) groups is 3. The van der Waals surface area contributed by atoms with Crippen molar-refractivity contribution in [2.75, 3.05) is 5.75 Å². The predicted molar refractivity (Wildman–Crippen MR) is 74.4 cm³/mol. The number of carbonyl (C=O) groups excluding carboxylic acids is 2. The summed E-state index contributed by atoms with van der Waals surface area (Å²) in [5.41, 5.74) is 0.738. The maximum absolute atomic E-state index is 11.8. The number of benzene rings is 1. The number of imide groups is 1. The predicted octanol–water partition coefficient (Wildman–Crippen LogP) is 1.55. The summed E-state index contributed by atoms with van der Waals surface area (Å²) in [6, 6.07) is 7.52. The molecule has 0 aromatic heterocycles. The van der Waals surface area contributed by atoms with Crippen LogP contribution in [-0.2, 0) is 20.9 Å². The topological polar surface area (TPSA) is 83.9 Å². The van der Waals surface area contributed by atoms with Crippen LogP contribution < -0.4 is 0 Å². The third-order valence-corrected chi connectivity index (χ3v) is 2.86. The molecule has 1 rings (SSSR count). The van der Waals surface area contributed by atoms with E-state index in [0.29, 0.717) is 4.90 Å². The Morgan fingerprint density at radius 3 is 2.35 bits per heavy atom. The molecule has 20 heavy (non-hydrogen) atoms. The standard InChI is InChI=1S/C13H15NO5S/c1-9(15)14(11(8-20)12(16)17)13(18)19-7-10-5-3-2-4-6-10/h2-6,11,20H,7-8H2,1H3,(H,16,17). The van der Waals surface area contributed by atoms with Gasteiger partial charge in [0.25, 0.3) is 0 Å². The fraction of sp³-hybridized carbons (Fsp3) is 0.308. The van der Waals surface area contributed by atoms with Gasteiger partial charge in [0.1, 0.15) is 12.6 Å². The lowest BCUT2D eigenvalue weighted by atomic mass is 10.2. The lowest BCUT2D eigenvalue weighted by molar-refractivity contribution is -0.147. The molecule has 1 aromatic carbocycles. The van der Waals surface area contributed by atoms with Gasteiger partial charge in [0.15, 0.2) is 0 Å². The second-order valence-corrected chi connectivity index (χ2v) is 4.33. The van der Waals surface area contributed by atoms with Crippen LogP contribution in [0, 0.1) is 0 Å². The monoisotopic (exact) mass is 297 g/mol. The van der Waals surface area contributed by atoms with Gasteiger partial charge >= 0.3 is 12.1 Å². The number of hydrogen-bond donors (Lipinski definition) is 2. The van der Waals surface area contributed by atoms with E-state index >= 15 is 0 Å². The van der Waals surface area contributed by atoms with Crippen molar-refractivity contribution < 1.29 is 24.2 Å². The van der Waals surface area contributed by atoms with Crippen LogP contribution in [0.5, 0.6) is 0 Å². The first-order valence-corrected chi connectivity index (χ1v) is 6.44. The molecule has 1 N–H and O–H groups in total. The van der Waals surface area contributed by atoms with Crippen molar-refractivity contribution in [3.63, 3.8) is 0 Å². The van der Waals surface area contributed by atoms with Crippen LogP contribution in [0.4, 0.5) is 4.79 Å². The van der Waals surface area contributed by atoms with Gasteiger partial charge in [-0.15, -0.1) is 0 Å². The van der Waals surface area contributed by atoms with Gasteiger partial charge < -0.3 is 9.84 Å². The van der Waals surface area contributed by atoms with Crippen molar-refractivity contribution in [3.05, 3.63) is 35.9 Å². The number of carboxylic acid groups (broad SMARTS) is 1. The Morgan fingerprint density at radius 1 is 1.30 bits per heavy atom. The number of hydrogen-bond acceptors (Lipinski definition) is 5. The molecule has 1 aromatic rings. The van der Waals surface area contributed by atoms with E-state index in [2.05, 4.69) is 12.6 Å². The highest BCUT2D eigenvalue weighted by molar-refractivity contribution is 7.80. The van der Waals surface area contributed by atoms with Crippen molar-refractivity contribution >= 4 is 30.6 Å². The molecule has 108 valence electrons. The molecule has 0 aliphatic heterocycles. The minimum atomic E-state index is -1.35. The molecule has 2 amide bonds. The van der Waals surface area contributed by atoms with Crippen LogP contribution in [0.1, 0.15) is 12.5 Å². The molecular formula is C13H15NO5S. The van der Waals surface area contributed by atoms with Crippen LogP contribution in [-0.4, -0.2) is 39.8 Å². The summed E-state index contributed by atoms with van der Waals surface area (Å²) < 4.78 is 4.95. The second kappa shape index (κ2) is 7.54. The molecule has 1 unspecified atom stereocenters. The van der Waals surface area contributed by atoms with Crippen molar-refractivity contribution in [3.8, 4) is 0 Å². The van der Waals surface area contributed by atoms with Gasteiger partial charge in [-0.3, -0.25) is 4.79 Å². The van der Waals surface area contributed by atoms with Gasteiger partial charge in [0.05, 0.1) is 0 Å². The third-order valence-electron chi connectivity index (χ3n) is 2.51. The Morgan fingerprint density at radius 2 is 1.90 bits per heavy atom. The van der Waals surface area contributed by atoms with Gasteiger partial charge in [-0.1, -0.05) is 30.3 Å². The Balaban J connectivity index is 2.75. The van der Waals surface area contributed by atoms with Gasteiger partial charge in [-0.25, -0.2) is 14.5 Å². The summed E-state index contributed by atoms with van der Waals surface area (Å²) in [5.74, 6) is -2.20. The van der Waals surface area contributed by atoms with Crippen LogP contribution in [0.15, 0.2) is 30.3 Å². The molecule has 1 atom stereocenters. The second-order valence-electron chi connectivity index (χ2n) is 3.97. The van der Waals surface area contributed by atoms with Crippen LogP contribution in [0.2, 0.25) is 0 Å². The van der Waals surface area contributed by atoms with E-state index in [1.807, 2.05) is 6.07 Å². The molecule has 0 saturated carbocycles. The Labute approximate surface area is 121 Å². The normalized spacial score (nSPS) is 11.5. The first-order chi connectivity index (χ1) is 9.47. The van der Waals surface area contributed by atoms with E-state index in [-0.39, 0.29) is 12.4 Å². The first kappa shape index (κ1) is 16.0. The summed E-state index contributed by atoms with van der Waals surface area (Å²) in [4.78, 5) is 34.8. The lowest BCUT2D eigenvalue weighted by Gasteiger charge is -2.24. The zero-order valence-corrected chi connectivity index (χ0v) is 11.7. The van der Waals surface area contributed by atoms with Crippen LogP contribution in [0.3, 0.4) is 0 Å². The van der Waals surface area contributed by atoms with Crippen molar-refractivity contribution in [2.45, 2.75) is 19.6 Å². The highest BCUT2D eigenvalue weighted by atomic mass is 32.1. The van der Waals surface area contributed by atoms with E-state index in [4.69, 9.17) is 9.84 Å². The summed E-state index contributed by atoms with van der Waals surface area (Å²) in [7, 11) is 0. The molecule has 0 radical (unpaired) electrons. The molecule has 6 nitrogen and oxygen atoms in total. The number of amides is 2. The number of nitrogens with zero attached hydrogens (tertiary/aromatic N) is 1. The zero-order chi connectivity index (χ0) is 15.1. The molecule has 0 heterocycles. The van der Waals surface area contributed by atoms with Crippen molar-refractivity contribution in [2.24, 2.45) is 0 Å². The lowest BCUT2D eigenvalue weighted by Crippen LogP contribution is -2.49. The van der Waals surface area contributed by atoms with E-state index < -0.39 is 24.0 Å². The molecule has 0 bridgehead atoms. The average Bonchev–Trinajstić information content (AvgIpc) is 2.42. The number of rotatable bonds is 5. The highest BCUT2D eigenvalue weighted by Crippen LogP contribution is 2.09. The summed E-state index contributed by atoms with van der Waals surface area (Å²) >= 11 is 3.84. The van der Waals surface area contributed by atoms with Crippen LogP contribution >= 0.6 is 12.6 Å². The number of thiol groups is 1. The largest absolute Gasteiger partial charge is 0.480 e. The quantitative estimate of drug-likeness (QED) is 0.806. The van der Waals surface area contributed by atoms with E-state index in [1.54, 1.807) is 24.3 Å². The Hall–Kier alpha value is -2.02. The molecule has 0 aliphatic rings. The van der Waals surface area contributed by atoms with Crippen LogP contribution in [0.25, 0.3) is 0 Å². The van der Waals surface area contributed by atoms with Gasteiger partial charge in [0.2, 0.25) is 5.91 Å². The first-order valence-electron chi connectivity index (χ1n) is 5.81. The SMILES string of the molecule is CC(=O)N(C(=O)OCc1ccccc1)C(CS)C(=O)O.